The topological polar surface area (TPSA) is 45.2 Å². The summed E-state index contributed by atoms with van der Waals surface area (Å²) in [4.78, 5) is 14.1. The molecule has 0 aromatic carbocycles. The minimum atomic E-state index is 0.415. The molecule has 0 radical (unpaired) electrons. The van der Waals surface area contributed by atoms with Gasteiger partial charge in [-0.15, -0.1) is 11.3 Å². The van der Waals surface area contributed by atoms with Gasteiger partial charge in [0.05, 0.1) is 6.54 Å². The van der Waals surface area contributed by atoms with E-state index in [9.17, 15) is 0 Å². The molecule has 0 N–H and O–H groups in total. The molecule has 1 aliphatic heterocycles. The first kappa shape index (κ1) is 16.4. The maximum atomic E-state index is 4.72. The van der Waals surface area contributed by atoms with E-state index in [1.165, 1.54) is 24.3 Å². The van der Waals surface area contributed by atoms with Crippen molar-refractivity contribution in [3.63, 3.8) is 0 Å². The zero-order valence-electron chi connectivity index (χ0n) is 14.6. The van der Waals surface area contributed by atoms with Gasteiger partial charge in [-0.2, -0.15) is 4.37 Å². The fraction of sp³-hybridized carbons (Fsp3) is 0.706. The summed E-state index contributed by atoms with van der Waals surface area (Å²) in [6.07, 6.45) is 5.80. The Morgan fingerprint density at radius 3 is 2.79 bits per heavy atom. The quantitative estimate of drug-likeness (QED) is 0.812. The second kappa shape index (κ2) is 6.35. The van der Waals surface area contributed by atoms with Gasteiger partial charge >= 0.3 is 0 Å². The van der Waals surface area contributed by atoms with Gasteiger partial charge < -0.3 is 4.90 Å². The Hall–Kier alpha value is -1.05. The first-order chi connectivity index (χ1) is 11.6. The zero-order valence-corrected chi connectivity index (χ0v) is 16.2. The van der Waals surface area contributed by atoms with Crippen molar-refractivity contribution in [3.05, 3.63) is 22.4 Å². The SMILES string of the molecule is CC(C)c1nsc(N2CCC3(CC2)C[C@@H]3N(C)Cc2nccs2)n1. The van der Waals surface area contributed by atoms with Crippen LogP contribution in [-0.4, -0.2) is 45.4 Å². The maximum Gasteiger partial charge on any atom is 0.205 e. The molecule has 1 saturated heterocycles. The summed E-state index contributed by atoms with van der Waals surface area (Å²) in [7, 11) is 2.26. The number of anilines is 1. The molecule has 0 bridgehead atoms. The highest BCUT2D eigenvalue weighted by atomic mass is 32.1. The lowest BCUT2D eigenvalue weighted by molar-refractivity contribution is 0.239. The molecule has 1 atom stereocenters. The molecule has 130 valence electrons. The molecule has 24 heavy (non-hydrogen) atoms. The van der Waals surface area contributed by atoms with Crippen LogP contribution in [0.4, 0.5) is 5.13 Å². The molecule has 0 unspecified atom stereocenters. The average Bonchev–Trinajstić information content (AvgIpc) is 2.99. The minimum absolute atomic E-state index is 0.415. The van der Waals surface area contributed by atoms with E-state index >= 15 is 0 Å². The smallest absolute Gasteiger partial charge is 0.205 e. The van der Waals surface area contributed by atoms with Crippen LogP contribution in [0.15, 0.2) is 11.6 Å². The van der Waals surface area contributed by atoms with Gasteiger partial charge in [0.1, 0.15) is 10.8 Å². The Labute approximate surface area is 151 Å². The molecule has 2 aromatic heterocycles. The highest BCUT2D eigenvalue weighted by molar-refractivity contribution is 7.09. The van der Waals surface area contributed by atoms with Crippen molar-refractivity contribution >= 4 is 28.0 Å². The highest BCUT2D eigenvalue weighted by Crippen LogP contribution is 2.56. The Morgan fingerprint density at radius 2 is 2.17 bits per heavy atom. The molecule has 1 spiro atoms. The Balaban J connectivity index is 1.33. The van der Waals surface area contributed by atoms with Crippen molar-refractivity contribution in [2.45, 2.75) is 51.6 Å². The summed E-state index contributed by atoms with van der Waals surface area (Å²) in [6.45, 7) is 7.54. The largest absolute Gasteiger partial charge is 0.347 e. The average molecular weight is 364 g/mol. The van der Waals surface area contributed by atoms with Gasteiger partial charge in [-0.05, 0) is 31.7 Å². The maximum absolute atomic E-state index is 4.72. The van der Waals surface area contributed by atoms with Gasteiger partial charge in [0.2, 0.25) is 5.13 Å². The molecule has 7 heteroatoms. The number of nitrogens with zero attached hydrogens (tertiary/aromatic N) is 5. The molecule has 1 aliphatic carbocycles. The second-order valence-electron chi connectivity index (χ2n) is 7.50. The predicted molar refractivity (Wildman–Crippen MR) is 99.9 cm³/mol. The summed E-state index contributed by atoms with van der Waals surface area (Å²) in [5.74, 6) is 1.40. The van der Waals surface area contributed by atoms with Gasteiger partial charge in [0.25, 0.3) is 0 Å². The summed E-state index contributed by atoms with van der Waals surface area (Å²) >= 11 is 3.32. The van der Waals surface area contributed by atoms with Crippen LogP contribution in [0, 0.1) is 5.41 Å². The number of hydrogen-bond acceptors (Lipinski definition) is 7. The highest BCUT2D eigenvalue weighted by Gasteiger charge is 2.56. The number of rotatable bonds is 5. The van der Waals surface area contributed by atoms with Gasteiger partial charge in [-0.25, -0.2) is 9.97 Å². The van der Waals surface area contributed by atoms with Crippen LogP contribution < -0.4 is 4.90 Å². The van der Waals surface area contributed by atoms with Crippen molar-refractivity contribution in [2.24, 2.45) is 5.41 Å². The number of aromatic nitrogens is 3. The number of thiazole rings is 1. The van der Waals surface area contributed by atoms with Gasteiger partial charge in [0, 0.05) is 48.2 Å². The van der Waals surface area contributed by atoms with Crippen molar-refractivity contribution in [1.82, 2.24) is 19.2 Å². The minimum Gasteiger partial charge on any atom is -0.347 e. The summed E-state index contributed by atoms with van der Waals surface area (Å²) in [5, 5.41) is 4.41. The van der Waals surface area contributed by atoms with Gasteiger partial charge in [-0.3, -0.25) is 4.90 Å². The van der Waals surface area contributed by atoms with Crippen LogP contribution in [0.3, 0.4) is 0 Å². The standard InChI is InChI=1S/C17H25N5S2/c1-12(2)15-19-16(24-20-15)22-7-4-17(5-8-22)10-13(17)21(3)11-14-18-6-9-23-14/h6,9,12-13H,4-5,7-8,10-11H2,1-3H3/t13-/m0/s1. The Kier molecular flexibility index (Phi) is 4.34. The molecular weight excluding hydrogens is 338 g/mol. The Morgan fingerprint density at radius 1 is 1.38 bits per heavy atom. The van der Waals surface area contributed by atoms with Crippen molar-refractivity contribution in [1.29, 1.82) is 0 Å². The summed E-state index contributed by atoms with van der Waals surface area (Å²) in [5.41, 5.74) is 0.536. The van der Waals surface area contributed by atoms with Crippen LogP contribution >= 0.6 is 22.9 Å². The van der Waals surface area contributed by atoms with Crippen molar-refractivity contribution < 1.29 is 0 Å². The van der Waals surface area contributed by atoms with Crippen LogP contribution in [0.2, 0.25) is 0 Å². The third kappa shape index (κ3) is 3.09. The zero-order chi connectivity index (χ0) is 16.7. The van der Waals surface area contributed by atoms with E-state index < -0.39 is 0 Å². The van der Waals surface area contributed by atoms with Crippen LogP contribution in [-0.2, 0) is 6.54 Å². The lowest BCUT2D eigenvalue weighted by Crippen LogP contribution is -2.38. The normalized spacial score (nSPS) is 22.7. The summed E-state index contributed by atoms with van der Waals surface area (Å²) < 4.78 is 4.50. The fourth-order valence-corrected chi connectivity index (χ4v) is 5.41. The monoisotopic (exact) mass is 363 g/mol. The molecule has 2 aliphatic rings. The fourth-order valence-electron chi connectivity index (χ4n) is 3.87. The predicted octanol–water partition coefficient (Wildman–Crippen LogP) is 3.61. The van der Waals surface area contributed by atoms with E-state index in [1.807, 2.05) is 6.20 Å². The van der Waals surface area contributed by atoms with Gasteiger partial charge in [-0.1, -0.05) is 13.8 Å². The third-order valence-electron chi connectivity index (χ3n) is 5.52. The van der Waals surface area contributed by atoms with Gasteiger partial charge in [0.15, 0.2) is 0 Å². The first-order valence-electron chi connectivity index (χ1n) is 8.74. The third-order valence-corrected chi connectivity index (χ3v) is 7.08. The van der Waals surface area contributed by atoms with E-state index in [0.717, 1.165) is 36.6 Å². The molecular formula is C17H25N5S2. The molecule has 3 heterocycles. The van der Waals surface area contributed by atoms with Crippen molar-refractivity contribution in [2.75, 3.05) is 25.0 Å². The number of piperidine rings is 1. The molecule has 5 nitrogen and oxygen atoms in total. The van der Waals surface area contributed by atoms with Crippen LogP contribution in [0.25, 0.3) is 0 Å². The van der Waals surface area contributed by atoms with Crippen LogP contribution in [0.1, 0.15) is 49.9 Å². The lowest BCUT2D eigenvalue weighted by Gasteiger charge is -2.33. The molecule has 2 aromatic rings. The van der Waals surface area contributed by atoms with E-state index in [2.05, 4.69) is 45.4 Å². The Bertz CT molecular complexity index is 673. The number of hydrogen-bond donors (Lipinski definition) is 0. The molecule has 1 saturated carbocycles. The van der Waals surface area contributed by atoms with E-state index in [-0.39, 0.29) is 0 Å². The van der Waals surface area contributed by atoms with Crippen LogP contribution in [0.5, 0.6) is 0 Å². The van der Waals surface area contributed by atoms with E-state index in [0.29, 0.717) is 11.3 Å². The molecule has 0 amide bonds. The second-order valence-corrected chi connectivity index (χ2v) is 9.21. The van der Waals surface area contributed by atoms with E-state index in [1.54, 1.807) is 22.9 Å². The molecule has 4 rings (SSSR count). The first-order valence-corrected chi connectivity index (χ1v) is 10.4. The van der Waals surface area contributed by atoms with Crippen molar-refractivity contribution in [3.8, 4) is 0 Å². The lowest BCUT2D eigenvalue weighted by atomic mass is 9.92. The summed E-state index contributed by atoms with van der Waals surface area (Å²) in [6, 6.07) is 0.726. The van der Waals surface area contributed by atoms with E-state index in [4.69, 9.17) is 4.98 Å². The molecule has 2 fully saturated rings.